The minimum atomic E-state index is -0.533. The van der Waals surface area contributed by atoms with Gasteiger partial charge in [0.05, 0.1) is 18.8 Å². The Balaban J connectivity index is 2.21. The first kappa shape index (κ1) is 12.9. The Bertz CT molecular complexity index is 169. The summed E-state index contributed by atoms with van der Waals surface area (Å²) in [5.74, 6) is 0. The molecule has 1 aliphatic carbocycles. The molecular weight excluding hydrogens is 194 g/mol. The van der Waals surface area contributed by atoms with E-state index in [-0.39, 0.29) is 5.60 Å². The fourth-order valence-corrected chi connectivity index (χ4v) is 2.00. The van der Waals surface area contributed by atoms with Crippen LogP contribution in [0.5, 0.6) is 0 Å². The van der Waals surface area contributed by atoms with Gasteiger partial charge in [-0.2, -0.15) is 0 Å². The normalized spacial score (nSPS) is 21.8. The summed E-state index contributed by atoms with van der Waals surface area (Å²) in [7, 11) is 0. The monoisotopic (exact) mass is 217 g/mol. The first-order chi connectivity index (χ1) is 7.22. The topological polar surface area (TPSA) is 64.7 Å². The van der Waals surface area contributed by atoms with Crippen molar-refractivity contribution in [3.8, 4) is 0 Å². The largest absolute Gasteiger partial charge is 0.388 e. The van der Waals surface area contributed by atoms with E-state index in [1.807, 2.05) is 6.92 Å². The highest BCUT2D eigenvalue weighted by molar-refractivity contribution is 4.87. The van der Waals surface area contributed by atoms with E-state index in [9.17, 15) is 5.11 Å². The van der Waals surface area contributed by atoms with Gasteiger partial charge < -0.3 is 20.3 Å². The van der Waals surface area contributed by atoms with Crippen LogP contribution < -0.4 is 5.73 Å². The van der Waals surface area contributed by atoms with Crippen molar-refractivity contribution in [2.45, 2.75) is 44.3 Å². The molecule has 1 saturated carbocycles. The first-order valence-electron chi connectivity index (χ1n) is 5.82. The third-order valence-electron chi connectivity index (χ3n) is 2.98. The standard InChI is InChI=1S/C11H23NO3/c1-2-14-7-10(13)8-15-11(9-12)5-3-4-6-11/h10,13H,2-9,12H2,1H3. The molecule has 0 aromatic heterocycles. The van der Waals surface area contributed by atoms with Gasteiger partial charge in [-0.3, -0.25) is 0 Å². The van der Waals surface area contributed by atoms with Gasteiger partial charge in [-0.05, 0) is 19.8 Å². The van der Waals surface area contributed by atoms with E-state index in [1.165, 1.54) is 12.8 Å². The molecule has 0 bridgehead atoms. The molecule has 1 unspecified atom stereocenters. The van der Waals surface area contributed by atoms with E-state index in [2.05, 4.69) is 0 Å². The van der Waals surface area contributed by atoms with Gasteiger partial charge in [0.15, 0.2) is 0 Å². The maximum absolute atomic E-state index is 9.56. The highest BCUT2D eigenvalue weighted by Gasteiger charge is 2.33. The van der Waals surface area contributed by atoms with E-state index in [4.69, 9.17) is 15.2 Å². The summed E-state index contributed by atoms with van der Waals surface area (Å²) in [6, 6.07) is 0. The van der Waals surface area contributed by atoms with Crippen molar-refractivity contribution >= 4 is 0 Å². The summed E-state index contributed by atoms with van der Waals surface area (Å²) in [6.45, 7) is 3.76. The van der Waals surface area contributed by atoms with Crippen LogP contribution in [-0.4, -0.2) is 43.2 Å². The van der Waals surface area contributed by atoms with Crippen molar-refractivity contribution < 1.29 is 14.6 Å². The molecule has 1 atom stereocenters. The summed E-state index contributed by atoms with van der Waals surface area (Å²) < 4.78 is 10.9. The van der Waals surface area contributed by atoms with Crippen LogP contribution in [0.25, 0.3) is 0 Å². The van der Waals surface area contributed by atoms with Crippen molar-refractivity contribution in [1.29, 1.82) is 0 Å². The van der Waals surface area contributed by atoms with Crippen molar-refractivity contribution in [2.75, 3.05) is 26.4 Å². The zero-order chi connectivity index (χ0) is 11.1. The number of rotatable bonds is 7. The summed E-state index contributed by atoms with van der Waals surface area (Å²) >= 11 is 0. The van der Waals surface area contributed by atoms with Crippen molar-refractivity contribution in [2.24, 2.45) is 5.73 Å². The highest BCUT2D eigenvalue weighted by Crippen LogP contribution is 2.32. The Kier molecular flexibility index (Phi) is 5.53. The Morgan fingerprint density at radius 3 is 2.53 bits per heavy atom. The van der Waals surface area contributed by atoms with Gasteiger partial charge in [-0.25, -0.2) is 0 Å². The predicted octanol–water partition coefficient (Wildman–Crippen LogP) is 0.672. The van der Waals surface area contributed by atoms with Crippen LogP contribution in [0, 0.1) is 0 Å². The van der Waals surface area contributed by atoms with Crippen LogP contribution in [-0.2, 0) is 9.47 Å². The van der Waals surface area contributed by atoms with Crippen LogP contribution in [0.1, 0.15) is 32.6 Å². The third-order valence-corrected chi connectivity index (χ3v) is 2.98. The predicted molar refractivity (Wildman–Crippen MR) is 58.7 cm³/mol. The van der Waals surface area contributed by atoms with Gasteiger partial charge in [-0.1, -0.05) is 12.8 Å². The second kappa shape index (κ2) is 6.43. The van der Waals surface area contributed by atoms with Crippen molar-refractivity contribution in [1.82, 2.24) is 0 Å². The molecule has 0 spiro atoms. The number of aliphatic hydroxyl groups excluding tert-OH is 1. The van der Waals surface area contributed by atoms with E-state index in [1.54, 1.807) is 0 Å². The molecule has 0 heterocycles. The molecular formula is C11H23NO3. The molecule has 0 radical (unpaired) electrons. The molecule has 1 rings (SSSR count). The van der Waals surface area contributed by atoms with Gasteiger partial charge >= 0.3 is 0 Å². The third kappa shape index (κ3) is 4.07. The minimum Gasteiger partial charge on any atom is -0.388 e. The maximum atomic E-state index is 9.56. The average molecular weight is 217 g/mol. The molecule has 15 heavy (non-hydrogen) atoms. The quantitative estimate of drug-likeness (QED) is 0.658. The van der Waals surface area contributed by atoms with Crippen LogP contribution in [0.2, 0.25) is 0 Å². The smallest absolute Gasteiger partial charge is 0.101 e. The summed E-state index contributed by atoms with van der Waals surface area (Å²) in [5.41, 5.74) is 5.54. The lowest BCUT2D eigenvalue weighted by atomic mass is 10.0. The molecule has 1 fully saturated rings. The van der Waals surface area contributed by atoms with E-state index in [0.717, 1.165) is 12.8 Å². The molecule has 1 aliphatic rings. The lowest BCUT2D eigenvalue weighted by Gasteiger charge is -2.28. The fourth-order valence-electron chi connectivity index (χ4n) is 2.00. The van der Waals surface area contributed by atoms with Crippen molar-refractivity contribution in [3.05, 3.63) is 0 Å². The van der Waals surface area contributed by atoms with Crippen LogP contribution >= 0.6 is 0 Å². The van der Waals surface area contributed by atoms with Crippen LogP contribution in [0.4, 0.5) is 0 Å². The second-order valence-electron chi connectivity index (χ2n) is 4.22. The lowest BCUT2D eigenvalue weighted by molar-refractivity contribution is -0.0873. The van der Waals surface area contributed by atoms with Gasteiger partial charge in [-0.15, -0.1) is 0 Å². The molecule has 3 N–H and O–H groups in total. The van der Waals surface area contributed by atoms with E-state index in [0.29, 0.717) is 26.4 Å². The van der Waals surface area contributed by atoms with Gasteiger partial charge in [0.2, 0.25) is 0 Å². The lowest BCUT2D eigenvalue weighted by Crippen LogP contribution is -2.40. The Morgan fingerprint density at radius 1 is 1.33 bits per heavy atom. The number of hydrogen-bond acceptors (Lipinski definition) is 4. The minimum absolute atomic E-state index is 0.173. The Morgan fingerprint density at radius 2 is 2.00 bits per heavy atom. The number of hydrogen-bond donors (Lipinski definition) is 2. The molecule has 0 aliphatic heterocycles. The molecule has 0 amide bonds. The van der Waals surface area contributed by atoms with Crippen LogP contribution in [0.3, 0.4) is 0 Å². The molecule has 4 nitrogen and oxygen atoms in total. The average Bonchev–Trinajstić information content (AvgIpc) is 2.73. The van der Waals surface area contributed by atoms with Gasteiger partial charge in [0.25, 0.3) is 0 Å². The zero-order valence-electron chi connectivity index (χ0n) is 9.58. The van der Waals surface area contributed by atoms with Gasteiger partial charge in [0.1, 0.15) is 6.10 Å². The Hall–Kier alpha value is -0.160. The van der Waals surface area contributed by atoms with E-state index < -0.39 is 6.10 Å². The van der Waals surface area contributed by atoms with Crippen molar-refractivity contribution in [3.63, 3.8) is 0 Å². The highest BCUT2D eigenvalue weighted by atomic mass is 16.5. The first-order valence-corrected chi connectivity index (χ1v) is 5.82. The number of aliphatic hydroxyl groups is 1. The Labute approximate surface area is 91.7 Å². The molecule has 4 heteroatoms. The fraction of sp³-hybridized carbons (Fsp3) is 1.00. The van der Waals surface area contributed by atoms with Crippen LogP contribution in [0.15, 0.2) is 0 Å². The molecule has 0 aromatic rings. The van der Waals surface area contributed by atoms with E-state index >= 15 is 0 Å². The molecule has 0 saturated heterocycles. The maximum Gasteiger partial charge on any atom is 0.101 e. The molecule has 90 valence electrons. The second-order valence-corrected chi connectivity index (χ2v) is 4.22. The molecule has 0 aromatic carbocycles. The van der Waals surface area contributed by atoms with Gasteiger partial charge in [0, 0.05) is 13.2 Å². The summed E-state index contributed by atoms with van der Waals surface area (Å²) in [5, 5.41) is 9.56. The number of ether oxygens (including phenoxy) is 2. The summed E-state index contributed by atoms with van der Waals surface area (Å²) in [4.78, 5) is 0. The SMILES string of the molecule is CCOCC(O)COC1(CN)CCCC1. The summed E-state index contributed by atoms with van der Waals surface area (Å²) in [6.07, 6.45) is 3.86. The zero-order valence-corrected chi connectivity index (χ0v) is 9.58. The number of nitrogens with two attached hydrogens (primary N) is 1.